The predicted octanol–water partition coefficient (Wildman–Crippen LogP) is 0.506. The van der Waals surface area contributed by atoms with Gasteiger partial charge in [-0.05, 0) is 39.0 Å². The van der Waals surface area contributed by atoms with Gasteiger partial charge in [0.2, 0.25) is 5.91 Å². The van der Waals surface area contributed by atoms with E-state index in [4.69, 9.17) is 26.1 Å². The molecule has 13 heteroatoms. The lowest BCUT2D eigenvalue weighted by Gasteiger charge is -2.45. The third-order valence-electron chi connectivity index (χ3n) is 5.87. The quantitative estimate of drug-likeness (QED) is 0.222. The second-order valence-electron chi connectivity index (χ2n) is 8.30. The van der Waals surface area contributed by atoms with Crippen LogP contribution in [0.15, 0.2) is 0 Å². The second-order valence-corrected chi connectivity index (χ2v) is 11.1. The fourth-order valence-corrected chi connectivity index (χ4v) is 5.93. The summed E-state index contributed by atoms with van der Waals surface area (Å²) < 4.78 is 21.7. The Labute approximate surface area is 192 Å². The highest BCUT2D eigenvalue weighted by Crippen LogP contribution is 2.43. The smallest absolute Gasteiger partial charge is 0.388 e. The second kappa shape index (κ2) is 11.5. The summed E-state index contributed by atoms with van der Waals surface area (Å²) in [4.78, 5) is 33.3. The lowest BCUT2D eigenvalue weighted by Crippen LogP contribution is -2.65. The predicted molar refractivity (Wildman–Crippen MR) is 118 cm³/mol. The van der Waals surface area contributed by atoms with Gasteiger partial charge < -0.3 is 30.1 Å². The van der Waals surface area contributed by atoms with Crippen molar-refractivity contribution in [2.75, 3.05) is 19.8 Å². The monoisotopic (exact) mass is 504 g/mol. The number of aliphatic hydroxyl groups is 2. The first-order valence-electron chi connectivity index (χ1n) is 10.3. The number of aliphatic hydroxyl groups excluding tert-OH is 2. The number of likely N-dealkylation sites (N-methyl/N-ethyl adjacent to an activating group) is 1. The van der Waals surface area contributed by atoms with E-state index in [2.05, 4.69) is 16.8 Å². The lowest BCUT2D eigenvalue weighted by atomic mass is 9.92. The normalized spacial score (nSPS) is 36.9. The molecule has 2 aliphatic rings. The molecular formula is C18H34ClN2O8PS. The topological polar surface area (TPSA) is 149 Å². The van der Waals surface area contributed by atoms with Crippen molar-refractivity contribution in [3.8, 4) is 0 Å². The van der Waals surface area contributed by atoms with Crippen LogP contribution in [-0.2, 0) is 18.6 Å². The van der Waals surface area contributed by atoms with E-state index in [1.54, 1.807) is 13.2 Å². The fraction of sp³-hybridized carbons (Fsp3) is 0.944. The Morgan fingerprint density at radius 1 is 1.39 bits per heavy atom. The molecule has 10 nitrogen and oxygen atoms in total. The van der Waals surface area contributed by atoms with Gasteiger partial charge in [-0.3, -0.25) is 14.2 Å². The zero-order valence-electron chi connectivity index (χ0n) is 18.1. The molecule has 0 spiro atoms. The molecule has 0 aromatic carbocycles. The molecule has 2 heterocycles. The highest BCUT2D eigenvalue weighted by molar-refractivity contribution is 7.99. The number of rotatable bonds is 9. The minimum absolute atomic E-state index is 0.238. The number of hydrogen-bond donors (Lipinski definition) is 5. The van der Waals surface area contributed by atoms with Crippen LogP contribution in [0.3, 0.4) is 0 Å². The van der Waals surface area contributed by atoms with Gasteiger partial charge >= 0.3 is 7.82 Å². The van der Waals surface area contributed by atoms with Crippen LogP contribution < -0.4 is 5.32 Å². The Morgan fingerprint density at radius 3 is 2.55 bits per heavy atom. The third-order valence-corrected chi connectivity index (χ3v) is 7.50. The van der Waals surface area contributed by atoms with E-state index >= 15 is 0 Å². The zero-order valence-corrected chi connectivity index (χ0v) is 20.6. The van der Waals surface area contributed by atoms with Crippen molar-refractivity contribution in [1.82, 2.24) is 10.2 Å². The average molecular weight is 505 g/mol. The van der Waals surface area contributed by atoms with Crippen molar-refractivity contribution in [1.29, 1.82) is 0 Å². The van der Waals surface area contributed by atoms with Crippen LogP contribution in [0.5, 0.6) is 0 Å². The fourth-order valence-electron chi connectivity index (χ4n) is 4.37. The minimum atomic E-state index is -4.93. The van der Waals surface area contributed by atoms with Crippen LogP contribution >= 0.6 is 31.2 Å². The molecule has 0 radical (unpaired) electrons. The molecule has 0 bridgehead atoms. The summed E-state index contributed by atoms with van der Waals surface area (Å²) in [7, 11) is -3.04. The van der Waals surface area contributed by atoms with Crippen molar-refractivity contribution >= 4 is 37.1 Å². The summed E-state index contributed by atoms with van der Waals surface area (Å²) in [6.45, 7) is 4.57. The average Bonchev–Trinajstić information content (AvgIpc) is 3.03. The first kappa shape index (κ1) is 27.3. The summed E-state index contributed by atoms with van der Waals surface area (Å²) in [6, 6.07) is -1.18. The van der Waals surface area contributed by atoms with Crippen LogP contribution in [0.4, 0.5) is 0 Å². The summed E-state index contributed by atoms with van der Waals surface area (Å²) in [6.07, 6.45) is -1.37. The van der Waals surface area contributed by atoms with E-state index in [0.29, 0.717) is 5.92 Å². The maximum atomic E-state index is 13.0. The van der Waals surface area contributed by atoms with Gasteiger partial charge in [0.05, 0.1) is 17.5 Å². The molecule has 2 rings (SSSR count). The number of carbonyl (C=O) groups is 1. The van der Waals surface area contributed by atoms with Gasteiger partial charge in [0.15, 0.2) is 0 Å². The maximum Gasteiger partial charge on any atom is 0.470 e. The number of nitrogens with one attached hydrogen (secondary N) is 1. The number of phosphoric acid groups is 1. The number of hydrogen-bond acceptors (Lipinski definition) is 8. The number of carbonyl (C=O) groups excluding carboxylic acids is 1. The van der Waals surface area contributed by atoms with Crippen LogP contribution in [0.25, 0.3) is 0 Å². The number of halogens is 1. The molecule has 31 heavy (non-hydrogen) atoms. The number of likely N-dealkylation sites (tertiary alicyclic amines) is 1. The molecule has 182 valence electrons. The van der Waals surface area contributed by atoms with Gasteiger partial charge in [-0.2, -0.15) is 0 Å². The van der Waals surface area contributed by atoms with Crippen molar-refractivity contribution < 1.29 is 38.6 Å². The molecule has 2 saturated heterocycles. The van der Waals surface area contributed by atoms with Crippen LogP contribution in [0, 0.1) is 5.92 Å². The van der Waals surface area contributed by atoms with Gasteiger partial charge in [0.1, 0.15) is 29.9 Å². The minimum Gasteiger partial charge on any atom is -0.388 e. The highest BCUT2D eigenvalue weighted by Gasteiger charge is 2.51. The van der Waals surface area contributed by atoms with Gasteiger partial charge in [-0.1, -0.05) is 13.3 Å². The van der Waals surface area contributed by atoms with Crippen molar-refractivity contribution in [3.63, 3.8) is 0 Å². The number of thioether (sulfide) groups is 1. The van der Waals surface area contributed by atoms with E-state index < -0.39 is 49.1 Å². The van der Waals surface area contributed by atoms with Crippen LogP contribution in [-0.4, -0.2) is 98.0 Å². The summed E-state index contributed by atoms with van der Waals surface area (Å²) in [5.41, 5.74) is -0.992. The van der Waals surface area contributed by atoms with E-state index in [-0.39, 0.29) is 11.9 Å². The molecule has 9 atom stereocenters. The summed E-state index contributed by atoms with van der Waals surface area (Å²) in [5, 5.41) is 23.4. The maximum absolute atomic E-state index is 13.0. The van der Waals surface area contributed by atoms with E-state index in [1.807, 2.05) is 11.9 Å². The zero-order chi connectivity index (χ0) is 23.5. The first-order chi connectivity index (χ1) is 14.4. The number of nitrogens with zero attached hydrogens (tertiary/aromatic N) is 1. The Hall–Kier alpha value is 0.0600. The highest BCUT2D eigenvalue weighted by atomic mass is 35.5. The van der Waals surface area contributed by atoms with Gasteiger partial charge in [0, 0.05) is 6.54 Å². The summed E-state index contributed by atoms with van der Waals surface area (Å²) >= 11 is 7.38. The van der Waals surface area contributed by atoms with E-state index in [0.717, 1.165) is 37.6 Å². The van der Waals surface area contributed by atoms with Crippen molar-refractivity contribution in [2.24, 2.45) is 5.92 Å². The molecular weight excluding hydrogens is 471 g/mol. The molecule has 2 aliphatic heterocycles. The standard InChI is InChI=1S/C18H34ClN2O8PS/c1-5-6-10-7-11(21(3)8-10)17(24)20-12(9(2)19)15-13(22)14(23)16(18(28-15)31-4)29-30(25,26)27/h9-16,18,22-23H,5-8H2,1-4H3,(H,20,24)(H2,25,26,27)/t9-,10-,11-,12+,13+,14-,15+,16+,18?/m0/s1. The Balaban J connectivity index is 2.15. The Kier molecular flexibility index (Phi) is 10.1. The Bertz CT molecular complexity index is 654. The van der Waals surface area contributed by atoms with Crippen LogP contribution in [0.2, 0.25) is 0 Å². The molecule has 0 aromatic heterocycles. The molecule has 0 aromatic rings. The third kappa shape index (κ3) is 7.02. The molecule has 0 saturated carbocycles. The first-order valence-corrected chi connectivity index (χ1v) is 13.6. The largest absolute Gasteiger partial charge is 0.470 e. The number of phosphoric ester groups is 1. The van der Waals surface area contributed by atoms with Gasteiger partial charge in [0.25, 0.3) is 0 Å². The van der Waals surface area contributed by atoms with Crippen LogP contribution in [0.1, 0.15) is 33.1 Å². The molecule has 2 fully saturated rings. The van der Waals surface area contributed by atoms with E-state index in [1.165, 1.54) is 0 Å². The molecule has 0 aliphatic carbocycles. The van der Waals surface area contributed by atoms with Crippen molar-refractivity contribution in [3.05, 3.63) is 0 Å². The Morgan fingerprint density at radius 2 is 2.03 bits per heavy atom. The van der Waals surface area contributed by atoms with E-state index in [9.17, 15) is 19.6 Å². The summed E-state index contributed by atoms with van der Waals surface area (Å²) in [5.74, 6) is 0.195. The van der Waals surface area contributed by atoms with Crippen molar-refractivity contribution in [2.45, 2.75) is 80.4 Å². The number of amides is 1. The lowest BCUT2D eigenvalue weighted by molar-refractivity contribution is -0.201. The number of ether oxygens (including phenoxy) is 1. The van der Waals surface area contributed by atoms with Gasteiger partial charge in [-0.25, -0.2) is 4.57 Å². The van der Waals surface area contributed by atoms with Gasteiger partial charge in [-0.15, -0.1) is 23.4 Å². The SMILES string of the molecule is CCC[C@H]1C[C@@H](C(=O)N[C@@H]([C@H]2OC(SC)[C@H](OP(=O)(O)O)[C@@H](O)[C@H]2O)[C@H](C)Cl)N(C)C1. The molecule has 5 N–H and O–H groups in total. The molecule has 1 amide bonds. The number of alkyl halides is 1. The molecule has 1 unspecified atom stereocenters.